The van der Waals surface area contributed by atoms with Crippen molar-refractivity contribution in [2.24, 2.45) is 0 Å². The second-order valence-corrected chi connectivity index (χ2v) is 12.0. The van der Waals surface area contributed by atoms with Crippen molar-refractivity contribution in [2.75, 3.05) is 0 Å². The van der Waals surface area contributed by atoms with Gasteiger partial charge >= 0.3 is 0 Å². The van der Waals surface area contributed by atoms with Gasteiger partial charge in [0.25, 0.3) is 0 Å². The quantitative estimate of drug-likeness (QED) is 0.199. The number of hydrogen-bond donors (Lipinski definition) is 0. The summed E-state index contributed by atoms with van der Waals surface area (Å²) >= 11 is 0. The van der Waals surface area contributed by atoms with Crippen LogP contribution in [0.1, 0.15) is 33.4 Å². The van der Waals surface area contributed by atoms with Gasteiger partial charge in [-0.3, -0.25) is 0 Å². The predicted molar refractivity (Wildman–Crippen MR) is 188 cm³/mol. The van der Waals surface area contributed by atoms with E-state index in [1.807, 2.05) is 0 Å². The first-order valence-corrected chi connectivity index (χ1v) is 15.4. The number of benzene rings is 8. The summed E-state index contributed by atoms with van der Waals surface area (Å²) in [6.07, 6.45) is 0. The van der Waals surface area contributed by atoms with Crippen LogP contribution in [0.2, 0.25) is 0 Å². The summed E-state index contributed by atoms with van der Waals surface area (Å²) in [5, 5.41) is 10.3. The maximum Gasteiger partial charge on any atom is -0.0000933 e. The van der Waals surface area contributed by atoms with Crippen LogP contribution in [0.25, 0.3) is 65.4 Å². The highest BCUT2D eigenvalue weighted by atomic mass is 14.4. The number of hydrogen-bond acceptors (Lipinski definition) is 0. The predicted octanol–water partition coefficient (Wildman–Crippen LogP) is 11.5. The van der Waals surface area contributed by atoms with Crippen molar-refractivity contribution in [2.45, 2.75) is 0 Å². The second-order valence-electron chi connectivity index (χ2n) is 12.0. The Morgan fingerprint density at radius 1 is 0.205 bits per heavy atom. The Morgan fingerprint density at radius 3 is 0.977 bits per heavy atom. The van der Waals surface area contributed by atoms with Gasteiger partial charge in [-0.1, -0.05) is 158 Å². The maximum absolute atomic E-state index is 2.37. The molecule has 0 heterocycles. The summed E-state index contributed by atoms with van der Waals surface area (Å²) in [7, 11) is 0. The van der Waals surface area contributed by atoms with Crippen LogP contribution in [0.15, 0.2) is 158 Å². The molecule has 0 aliphatic heterocycles. The molecule has 8 aromatic carbocycles. The molecule has 202 valence electrons. The van der Waals surface area contributed by atoms with Gasteiger partial charge in [-0.15, -0.1) is 0 Å². The van der Waals surface area contributed by atoms with E-state index in [2.05, 4.69) is 158 Å². The standard InChI is InChI=1S/C44H26/c1-5-17-31-27(11-1)15-9-21-35(31)41-37-25-23-29-13-3-7-19-33(29)39(37)44-42(36-22-10-16-28-12-2-6-18-32(28)36)38-26-24-30-14-4-8-20-34(30)40(38)43(41)44/h1-26H. The van der Waals surface area contributed by atoms with Crippen molar-refractivity contribution < 1.29 is 0 Å². The zero-order valence-corrected chi connectivity index (χ0v) is 24.0. The molecule has 0 nitrogen and oxygen atoms in total. The third-order valence-electron chi connectivity index (χ3n) is 9.76. The van der Waals surface area contributed by atoms with Gasteiger partial charge in [0.05, 0.1) is 0 Å². The first-order chi connectivity index (χ1) is 21.9. The van der Waals surface area contributed by atoms with Crippen LogP contribution in [0.4, 0.5) is 0 Å². The average molecular weight is 555 g/mol. The van der Waals surface area contributed by atoms with Crippen LogP contribution in [-0.2, 0) is 0 Å². The summed E-state index contributed by atoms with van der Waals surface area (Å²) in [4.78, 5) is 0. The molecule has 0 saturated heterocycles. The largest absolute Gasteiger partial charge is 0.0616 e. The Bertz CT molecular complexity index is 2400. The van der Waals surface area contributed by atoms with Crippen molar-refractivity contribution in [3.63, 3.8) is 0 Å². The normalized spacial score (nSPS) is 13.7. The van der Waals surface area contributed by atoms with E-state index in [4.69, 9.17) is 0 Å². The molecule has 0 saturated carbocycles. The van der Waals surface area contributed by atoms with Crippen LogP contribution >= 0.6 is 0 Å². The summed E-state index contributed by atoms with van der Waals surface area (Å²) in [5.41, 5.74) is 13.3. The molecular formula is C44H26. The van der Waals surface area contributed by atoms with Crippen molar-refractivity contribution in [3.05, 3.63) is 191 Å². The van der Waals surface area contributed by atoms with Gasteiger partial charge in [-0.2, -0.15) is 0 Å². The lowest BCUT2D eigenvalue weighted by molar-refractivity contribution is 1.58. The van der Waals surface area contributed by atoms with E-state index in [0.29, 0.717) is 0 Å². The van der Waals surface area contributed by atoms with Gasteiger partial charge in [0.15, 0.2) is 0 Å². The molecule has 2 aliphatic carbocycles. The van der Waals surface area contributed by atoms with Crippen molar-refractivity contribution in [3.8, 4) is 0 Å². The van der Waals surface area contributed by atoms with E-state index >= 15 is 0 Å². The minimum Gasteiger partial charge on any atom is -0.0616 e. The molecule has 0 spiro atoms. The van der Waals surface area contributed by atoms with Gasteiger partial charge < -0.3 is 0 Å². The number of rotatable bonds is 2. The molecule has 8 aromatic rings. The van der Waals surface area contributed by atoms with E-state index in [9.17, 15) is 0 Å². The van der Waals surface area contributed by atoms with E-state index in [0.717, 1.165) is 0 Å². The fourth-order valence-corrected chi connectivity index (χ4v) is 7.96. The molecule has 0 atom stereocenters. The first kappa shape index (κ1) is 23.8. The summed E-state index contributed by atoms with van der Waals surface area (Å²) in [5.74, 6) is 0. The van der Waals surface area contributed by atoms with Crippen molar-refractivity contribution in [1.82, 2.24) is 0 Å². The minimum atomic E-state index is 1.27. The first-order valence-electron chi connectivity index (χ1n) is 15.4. The zero-order valence-electron chi connectivity index (χ0n) is 24.0. The summed E-state index contributed by atoms with van der Waals surface area (Å²) < 4.78 is 0. The smallest absolute Gasteiger partial charge is 0.0000933 e. The third-order valence-corrected chi connectivity index (χ3v) is 9.76. The van der Waals surface area contributed by atoms with Gasteiger partial charge in [-0.05, 0) is 98.8 Å². The monoisotopic (exact) mass is 554 g/mol. The Labute approximate surface area is 255 Å². The van der Waals surface area contributed by atoms with Crippen LogP contribution < -0.4 is 0 Å². The molecule has 44 heavy (non-hydrogen) atoms. The van der Waals surface area contributed by atoms with Gasteiger partial charge in [-0.25, -0.2) is 0 Å². The van der Waals surface area contributed by atoms with Crippen LogP contribution in [0, 0.1) is 0 Å². The highest BCUT2D eigenvalue weighted by Crippen LogP contribution is 2.61. The summed E-state index contributed by atoms with van der Waals surface area (Å²) in [6.45, 7) is 0. The molecule has 0 radical (unpaired) electrons. The average Bonchev–Trinajstić information content (AvgIpc) is 3.60. The number of fused-ring (bicyclic) bond motifs is 11. The van der Waals surface area contributed by atoms with Gasteiger partial charge in [0.1, 0.15) is 0 Å². The highest BCUT2D eigenvalue weighted by Gasteiger charge is 2.40. The van der Waals surface area contributed by atoms with Crippen molar-refractivity contribution >= 4 is 65.4 Å². The molecule has 10 rings (SSSR count). The highest BCUT2D eigenvalue weighted by molar-refractivity contribution is 6.40. The van der Waals surface area contributed by atoms with Gasteiger partial charge in [0, 0.05) is 0 Å². The van der Waals surface area contributed by atoms with Crippen molar-refractivity contribution in [1.29, 1.82) is 0 Å². The summed E-state index contributed by atoms with van der Waals surface area (Å²) in [6, 6.07) is 58.4. The fraction of sp³-hybridized carbons (Fsp3) is 0. The lowest BCUT2D eigenvalue weighted by Gasteiger charge is -2.16. The molecule has 0 aromatic heterocycles. The zero-order chi connectivity index (χ0) is 28.8. The Hall–Kier alpha value is -5.72. The van der Waals surface area contributed by atoms with Crippen LogP contribution in [0.5, 0.6) is 0 Å². The molecular weight excluding hydrogens is 528 g/mol. The molecule has 0 bridgehead atoms. The number of allylic oxidation sites excluding steroid dienone is 2. The molecule has 0 amide bonds. The molecule has 0 fully saturated rings. The maximum atomic E-state index is 2.37. The lowest BCUT2D eigenvalue weighted by Crippen LogP contribution is -1.95. The Kier molecular flexibility index (Phi) is 4.81. The molecule has 0 heteroatoms. The Balaban J connectivity index is 1.47. The fourth-order valence-electron chi connectivity index (χ4n) is 7.96. The Morgan fingerprint density at radius 2 is 0.545 bits per heavy atom. The van der Waals surface area contributed by atoms with E-state index < -0.39 is 0 Å². The molecule has 0 unspecified atom stereocenters. The minimum absolute atomic E-state index is 1.27. The van der Waals surface area contributed by atoms with Crippen LogP contribution in [-0.4, -0.2) is 0 Å². The third kappa shape index (κ3) is 3.12. The van der Waals surface area contributed by atoms with E-state index in [1.54, 1.807) is 0 Å². The van der Waals surface area contributed by atoms with Gasteiger partial charge in [0.2, 0.25) is 0 Å². The lowest BCUT2D eigenvalue weighted by atomic mass is 9.86. The topological polar surface area (TPSA) is 0 Å². The SMILES string of the molecule is c1ccc2c(C3=C4C(=C(c5cccc6ccccc56)c5ccc6ccccc6c54)c4c3ccc3ccccc43)cccc2c1. The molecule has 2 aliphatic rings. The second kappa shape index (κ2) is 8.89. The van der Waals surface area contributed by atoms with E-state index in [-0.39, 0.29) is 0 Å². The van der Waals surface area contributed by atoms with E-state index in [1.165, 1.54) is 98.8 Å². The van der Waals surface area contributed by atoms with Crippen LogP contribution in [0.3, 0.4) is 0 Å². The molecule has 0 N–H and O–H groups in total.